The smallest absolute Gasteiger partial charge is 0.316 e. The maximum absolute atomic E-state index is 13.6. The number of pyridine rings is 1. The van der Waals surface area contributed by atoms with Crippen LogP contribution in [0.4, 0.5) is 17.1 Å². The third-order valence-electron chi connectivity index (χ3n) is 8.42. The van der Waals surface area contributed by atoms with Gasteiger partial charge in [0.1, 0.15) is 11.6 Å². The van der Waals surface area contributed by atoms with Gasteiger partial charge in [-0.25, -0.2) is 0 Å². The van der Waals surface area contributed by atoms with Crippen LogP contribution in [0.1, 0.15) is 30.2 Å². The van der Waals surface area contributed by atoms with Gasteiger partial charge in [-0.2, -0.15) is 5.26 Å². The number of hydrogen-bond acceptors (Lipinski definition) is 11. The summed E-state index contributed by atoms with van der Waals surface area (Å²) in [4.78, 5) is 32.0. The van der Waals surface area contributed by atoms with E-state index in [1.165, 1.54) is 11.3 Å². The summed E-state index contributed by atoms with van der Waals surface area (Å²) in [5.41, 5.74) is 3.75. The molecule has 0 amide bonds. The van der Waals surface area contributed by atoms with Gasteiger partial charge < -0.3 is 19.5 Å². The summed E-state index contributed by atoms with van der Waals surface area (Å²) in [7, 11) is 0. The number of para-hydroxylation sites is 2. The molecule has 0 bridgehead atoms. The van der Waals surface area contributed by atoms with E-state index in [-0.39, 0.29) is 45.7 Å². The highest BCUT2D eigenvalue weighted by atomic mass is 32.2. The van der Waals surface area contributed by atoms with Crippen LogP contribution in [-0.2, 0) is 20.8 Å². The minimum atomic E-state index is -0.489. The number of nitrogens with zero attached hydrogens (tertiary/aromatic N) is 3. The largest absolute Gasteiger partial charge is 0.493 e. The number of esters is 1. The molecule has 3 heterocycles. The summed E-state index contributed by atoms with van der Waals surface area (Å²) < 4.78 is 12.0. The van der Waals surface area contributed by atoms with Gasteiger partial charge in [0.2, 0.25) is 10.3 Å². The second-order valence-electron chi connectivity index (χ2n) is 12.2. The molecule has 0 unspecified atom stereocenters. The van der Waals surface area contributed by atoms with Crippen molar-refractivity contribution in [2.24, 2.45) is 0 Å². The lowest BCUT2D eigenvalue weighted by atomic mass is 10.1. The van der Waals surface area contributed by atoms with Gasteiger partial charge in [-0.05, 0) is 97.4 Å². The van der Waals surface area contributed by atoms with E-state index < -0.39 is 17.4 Å². The standard InChI is InChI=1S/C43H37N3O5S4/c1-3-24-51-43(52)53-28-40(47)50-25-10-23-45-41(48)35(29(2)36(27-44)42(45)49)26-34-19-20-38(54-34)39-22-21-37(55-39)30-15-17-33(18-16-30)46(31-11-6-4-7-12-31)32-13-8-5-9-14-32/h4-9,11-22,26,49H,2-3,10,23-25,28H2,1H3/b35-26-. The number of aromatic nitrogens is 1. The second-order valence-corrected chi connectivity index (χ2v) is 16.0. The molecule has 0 fully saturated rings. The van der Waals surface area contributed by atoms with Crippen molar-refractivity contribution in [2.75, 3.05) is 23.9 Å². The number of hydrogen-bond donors (Lipinski definition) is 1. The van der Waals surface area contributed by atoms with Crippen LogP contribution in [0.3, 0.4) is 0 Å². The third-order valence-corrected chi connectivity index (χ3v) is 12.0. The van der Waals surface area contributed by atoms with E-state index in [9.17, 15) is 20.0 Å². The highest BCUT2D eigenvalue weighted by Crippen LogP contribution is 2.40. The molecule has 3 aromatic carbocycles. The number of nitriles is 1. The zero-order chi connectivity index (χ0) is 38.7. The Kier molecular flexibility index (Phi) is 13.4. The zero-order valence-corrected chi connectivity index (χ0v) is 33.2. The van der Waals surface area contributed by atoms with Gasteiger partial charge in [0.15, 0.2) is 0 Å². The van der Waals surface area contributed by atoms with Gasteiger partial charge in [-0.1, -0.05) is 73.8 Å². The SMILES string of the molecule is C=c1c(C#N)c(O)n(CCCOC(=O)CSC(=S)OCCC)c(=O)/c1=C\c1ccc(-c2ccc(-c3ccc(N(c4ccccc4)c4ccccc4)cc3)s2)s1. The Morgan fingerprint density at radius 1 is 0.891 bits per heavy atom. The molecule has 0 aliphatic heterocycles. The fourth-order valence-corrected chi connectivity index (χ4v) is 8.55. The first kappa shape index (κ1) is 39.2. The molecule has 8 nitrogen and oxygen atoms in total. The number of benzene rings is 3. The molecule has 6 rings (SSSR count). The molecule has 0 saturated heterocycles. The summed E-state index contributed by atoms with van der Waals surface area (Å²) >= 11 is 9.36. The zero-order valence-electron chi connectivity index (χ0n) is 30.0. The van der Waals surface area contributed by atoms with Gasteiger partial charge >= 0.3 is 5.97 Å². The highest BCUT2D eigenvalue weighted by Gasteiger charge is 2.16. The van der Waals surface area contributed by atoms with E-state index >= 15 is 0 Å². The molecule has 0 aliphatic carbocycles. The molecule has 12 heteroatoms. The molecule has 0 radical (unpaired) electrons. The van der Waals surface area contributed by atoms with Crippen molar-refractivity contribution in [1.29, 1.82) is 5.26 Å². The molecule has 0 spiro atoms. The summed E-state index contributed by atoms with van der Waals surface area (Å²) in [5.74, 6) is -0.927. The normalized spacial score (nSPS) is 11.2. The molecule has 0 aliphatic rings. The monoisotopic (exact) mass is 803 g/mol. The molecule has 3 aromatic heterocycles. The Morgan fingerprint density at radius 3 is 2.16 bits per heavy atom. The van der Waals surface area contributed by atoms with Gasteiger partial charge in [0.25, 0.3) is 5.56 Å². The first-order chi connectivity index (χ1) is 26.8. The van der Waals surface area contributed by atoms with Crippen LogP contribution in [0.15, 0.2) is 114 Å². The van der Waals surface area contributed by atoms with Crippen molar-refractivity contribution in [3.8, 4) is 32.1 Å². The average Bonchev–Trinajstić information content (AvgIpc) is 3.90. The summed E-state index contributed by atoms with van der Waals surface area (Å²) in [6, 6.07) is 39.3. The molecule has 0 saturated carbocycles. The van der Waals surface area contributed by atoms with Crippen molar-refractivity contribution in [2.45, 2.75) is 26.3 Å². The van der Waals surface area contributed by atoms with E-state index in [1.807, 2.05) is 61.5 Å². The average molecular weight is 804 g/mol. The molecule has 55 heavy (non-hydrogen) atoms. The van der Waals surface area contributed by atoms with Gasteiger partial charge in [-0.3, -0.25) is 14.2 Å². The van der Waals surface area contributed by atoms with Crippen molar-refractivity contribution in [3.05, 3.63) is 140 Å². The Balaban J connectivity index is 1.16. The van der Waals surface area contributed by atoms with Crippen molar-refractivity contribution < 1.29 is 19.4 Å². The van der Waals surface area contributed by atoms with E-state index in [4.69, 9.17) is 21.7 Å². The van der Waals surface area contributed by atoms with Crippen LogP contribution >= 0.6 is 46.7 Å². The Labute approximate surface area is 336 Å². The lowest BCUT2D eigenvalue weighted by molar-refractivity contribution is -0.140. The van der Waals surface area contributed by atoms with E-state index in [1.54, 1.807) is 17.4 Å². The Bertz CT molecular complexity index is 2450. The number of aromatic hydroxyl groups is 1. The van der Waals surface area contributed by atoms with E-state index in [2.05, 4.69) is 72.1 Å². The third kappa shape index (κ3) is 9.62. The topological polar surface area (TPSA) is 105 Å². The Morgan fingerprint density at radius 2 is 1.51 bits per heavy atom. The lowest BCUT2D eigenvalue weighted by Crippen LogP contribution is -2.46. The first-order valence-electron chi connectivity index (χ1n) is 17.5. The maximum atomic E-state index is 13.6. The number of carbonyl (C=O) groups is 1. The van der Waals surface area contributed by atoms with Gasteiger partial charge in [0.05, 0.1) is 19.0 Å². The fraction of sp³-hybridized carbons (Fsp3) is 0.163. The first-order valence-corrected chi connectivity index (χ1v) is 20.5. The summed E-state index contributed by atoms with van der Waals surface area (Å²) in [6.45, 7) is 6.46. The predicted molar refractivity (Wildman–Crippen MR) is 230 cm³/mol. The lowest BCUT2D eigenvalue weighted by Gasteiger charge is -2.25. The molecular formula is C43H37N3O5S4. The fourth-order valence-electron chi connectivity index (χ4n) is 5.75. The molecule has 278 valence electrons. The molecule has 6 aromatic rings. The van der Waals surface area contributed by atoms with Crippen LogP contribution in [0.2, 0.25) is 0 Å². The quantitative estimate of drug-likeness (QED) is 0.0657. The van der Waals surface area contributed by atoms with Crippen molar-refractivity contribution >= 4 is 86.7 Å². The van der Waals surface area contributed by atoms with Crippen LogP contribution in [-0.4, -0.2) is 39.0 Å². The van der Waals surface area contributed by atoms with Crippen LogP contribution in [0.5, 0.6) is 5.88 Å². The second kappa shape index (κ2) is 18.7. The molecular weight excluding hydrogens is 767 g/mol. The number of rotatable bonds is 14. The minimum absolute atomic E-state index is 0.00750. The van der Waals surface area contributed by atoms with Crippen LogP contribution < -0.4 is 20.9 Å². The van der Waals surface area contributed by atoms with Gasteiger partial charge in [-0.15, -0.1) is 22.7 Å². The summed E-state index contributed by atoms with van der Waals surface area (Å²) in [6.07, 6.45) is 2.76. The highest BCUT2D eigenvalue weighted by molar-refractivity contribution is 8.23. The van der Waals surface area contributed by atoms with Crippen LogP contribution in [0, 0.1) is 11.3 Å². The van der Waals surface area contributed by atoms with Gasteiger partial charge in [0, 0.05) is 53.6 Å². The molecule has 0 atom stereocenters. The number of ether oxygens (including phenoxy) is 2. The number of thioether (sulfide) groups is 1. The van der Waals surface area contributed by atoms with E-state index in [0.717, 1.165) is 64.9 Å². The van der Waals surface area contributed by atoms with E-state index in [0.29, 0.717) is 6.61 Å². The number of thiocarbonyl (C=S) groups is 1. The Hall–Kier alpha value is -5.45. The summed E-state index contributed by atoms with van der Waals surface area (Å²) in [5, 5.41) is 21.0. The number of carbonyl (C=O) groups excluding carboxylic acids is 1. The van der Waals surface area contributed by atoms with Crippen LogP contribution in [0.25, 0.3) is 32.8 Å². The van der Waals surface area contributed by atoms with Crippen molar-refractivity contribution in [3.63, 3.8) is 0 Å². The molecule has 1 N–H and O–H groups in total. The predicted octanol–water partition coefficient (Wildman–Crippen LogP) is 8.97. The maximum Gasteiger partial charge on any atom is 0.316 e. The minimum Gasteiger partial charge on any atom is -0.493 e. The van der Waals surface area contributed by atoms with Crippen molar-refractivity contribution in [1.82, 2.24) is 4.57 Å². The number of anilines is 3. The number of thiophene rings is 2.